The Labute approximate surface area is 156 Å². The molecule has 0 spiro atoms. The van der Waals surface area contributed by atoms with Gasteiger partial charge < -0.3 is 10.6 Å². The van der Waals surface area contributed by atoms with E-state index in [1.54, 1.807) is 7.05 Å². The van der Waals surface area contributed by atoms with Crippen LogP contribution in [0.5, 0.6) is 0 Å². The Bertz CT molecular complexity index is 717. The summed E-state index contributed by atoms with van der Waals surface area (Å²) in [5.74, 6) is 0.787. The number of nitrogens with one attached hydrogen (secondary N) is 2. The van der Waals surface area contributed by atoms with Crippen molar-refractivity contribution in [3.63, 3.8) is 0 Å². The molecular formula is C21H29N5. The summed E-state index contributed by atoms with van der Waals surface area (Å²) < 4.78 is 0. The molecule has 138 valence electrons. The Kier molecular flexibility index (Phi) is 6.61. The van der Waals surface area contributed by atoms with Crippen molar-refractivity contribution >= 4 is 5.96 Å². The number of pyridine rings is 1. The lowest BCUT2D eigenvalue weighted by molar-refractivity contribution is 0.331. The zero-order chi connectivity index (χ0) is 18.2. The van der Waals surface area contributed by atoms with Gasteiger partial charge in [0.25, 0.3) is 0 Å². The van der Waals surface area contributed by atoms with Gasteiger partial charge in [0.2, 0.25) is 0 Å². The lowest BCUT2D eigenvalue weighted by Crippen LogP contribution is -2.36. The Hall–Kier alpha value is -2.40. The van der Waals surface area contributed by atoms with Gasteiger partial charge in [-0.05, 0) is 56.1 Å². The summed E-state index contributed by atoms with van der Waals surface area (Å²) >= 11 is 0. The van der Waals surface area contributed by atoms with Gasteiger partial charge in [0.05, 0.1) is 12.2 Å². The first kappa shape index (κ1) is 18.4. The zero-order valence-electron chi connectivity index (χ0n) is 15.8. The van der Waals surface area contributed by atoms with Gasteiger partial charge in [-0.3, -0.25) is 14.9 Å². The zero-order valence-corrected chi connectivity index (χ0v) is 15.8. The van der Waals surface area contributed by atoms with Gasteiger partial charge in [0.15, 0.2) is 5.96 Å². The average molecular weight is 351 g/mol. The van der Waals surface area contributed by atoms with E-state index in [0.717, 1.165) is 30.4 Å². The van der Waals surface area contributed by atoms with Gasteiger partial charge >= 0.3 is 0 Å². The number of aliphatic imine (C=N–C) groups is 1. The Morgan fingerprint density at radius 2 is 1.69 bits per heavy atom. The van der Waals surface area contributed by atoms with E-state index in [0.29, 0.717) is 6.54 Å². The normalized spacial score (nSPS) is 15.2. The van der Waals surface area contributed by atoms with Crippen molar-refractivity contribution < 1.29 is 0 Å². The van der Waals surface area contributed by atoms with Gasteiger partial charge in [-0.15, -0.1) is 0 Å². The summed E-state index contributed by atoms with van der Waals surface area (Å²) in [6.07, 6.45) is 2.68. The largest absolute Gasteiger partial charge is 0.352 e. The van der Waals surface area contributed by atoms with Crippen LogP contribution in [0, 0.1) is 6.92 Å². The summed E-state index contributed by atoms with van der Waals surface area (Å²) in [6.45, 7) is 6.97. The molecule has 0 unspecified atom stereocenters. The summed E-state index contributed by atoms with van der Waals surface area (Å²) in [7, 11) is 1.79. The first-order chi connectivity index (χ1) is 12.7. The van der Waals surface area contributed by atoms with Crippen molar-refractivity contribution in [1.82, 2.24) is 20.5 Å². The van der Waals surface area contributed by atoms with Crippen LogP contribution in [0.3, 0.4) is 0 Å². The maximum atomic E-state index is 4.50. The van der Waals surface area contributed by atoms with Crippen LogP contribution in [0.2, 0.25) is 0 Å². The molecule has 1 aliphatic heterocycles. The molecule has 1 saturated heterocycles. The van der Waals surface area contributed by atoms with Gasteiger partial charge in [0.1, 0.15) is 0 Å². The lowest BCUT2D eigenvalue weighted by Gasteiger charge is -2.15. The first-order valence-corrected chi connectivity index (χ1v) is 9.40. The smallest absolute Gasteiger partial charge is 0.191 e. The number of rotatable bonds is 6. The standard InChI is InChI=1S/C21H29N5/c1-17-6-5-7-20(25-17)15-24-21(22-2)23-14-18-8-10-19(11-9-18)16-26-12-3-4-13-26/h5-11H,3-4,12-16H2,1-2H3,(H2,22,23,24). The van der Waals surface area contributed by atoms with E-state index in [1.165, 1.54) is 37.1 Å². The molecule has 2 aromatic rings. The number of likely N-dealkylation sites (tertiary alicyclic amines) is 1. The molecule has 2 heterocycles. The molecule has 0 aliphatic carbocycles. The van der Waals surface area contributed by atoms with Gasteiger partial charge in [-0.25, -0.2) is 0 Å². The van der Waals surface area contributed by atoms with E-state index in [9.17, 15) is 0 Å². The minimum atomic E-state index is 0.663. The number of aromatic nitrogens is 1. The van der Waals surface area contributed by atoms with E-state index in [4.69, 9.17) is 0 Å². The van der Waals surface area contributed by atoms with Crippen LogP contribution in [0.1, 0.15) is 35.4 Å². The number of aryl methyl sites for hydroxylation is 1. The molecule has 1 fully saturated rings. The minimum Gasteiger partial charge on any atom is -0.352 e. The molecule has 1 aliphatic rings. The molecule has 0 amide bonds. The van der Waals surface area contributed by atoms with Crippen LogP contribution in [-0.4, -0.2) is 36.0 Å². The highest BCUT2D eigenvalue weighted by Gasteiger charge is 2.11. The molecule has 5 nitrogen and oxygen atoms in total. The molecule has 0 radical (unpaired) electrons. The number of hydrogen-bond donors (Lipinski definition) is 2. The molecule has 0 saturated carbocycles. The fourth-order valence-corrected chi connectivity index (χ4v) is 3.24. The third kappa shape index (κ3) is 5.56. The van der Waals surface area contributed by atoms with E-state index in [1.807, 2.05) is 25.1 Å². The minimum absolute atomic E-state index is 0.663. The Balaban J connectivity index is 1.45. The molecule has 2 N–H and O–H groups in total. The quantitative estimate of drug-likeness (QED) is 0.621. The van der Waals surface area contributed by atoms with Crippen LogP contribution in [0.4, 0.5) is 0 Å². The second-order valence-corrected chi connectivity index (χ2v) is 6.85. The van der Waals surface area contributed by atoms with Crippen molar-refractivity contribution in [3.8, 4) is 0 Å². The number of benzene rings is 1. The predicted octanol–water partition coefficient (Wildman–Crippen LogP) is 2.85. The molecule has 0 atom stereocenters. The molecule has 5 heteroatoms. The van der Waals surface area contributed by atoms with Crippen LogP contribution in [-0.2, 0) is 19.6 Å². The second-order valence-electron chi connectivity index (χ2n) is 6.85. The number of hydrogen-bond acceptors (Lipinski definition) is 3. The van der Waals surface area contributed by atoms with E-state index in [2.05, 4.69) is 49.8 Å². The first-order valence-electron chi connectivity index (χ1n) is 9.40. The van der Waals surface area contributed by atoms with Crippen LogP contribution in [0.15, 0.2) is 47.5 Å². The van der Waals surface area contributed by atoms with E-state index in [-0.39, 0.29) is 0 Å². The predicted molar refractivity (Wildman–Crippen MR) is 107 cm³/mol. The van der Waals surface area contributed by atoms with Crippen LogP contribution in [0.25, 0.3) is 0 Å². The second kappa shape index (κ2) is 9.34. The van der Waals surface area contributed by atoms with Gasteiger partial charge in [-0.1, -0.05) is 30.3 Å². The summed E-state index contributed by atoms with van der Waals surface area (Å²) in [6, 6.07) is 14.9. The van der Waals surface area contributed by atoms with Crippen molar-refractivity contribution in [2.75, 3.05) is 20.1 Å². The highest BCUT2D eigenvalue weighted by molar-refractivity contribution is 5.79. The maximum Gasteiger partial charge on any atom is 0.191 e. The van der Waals surface area contributed by atoms with Gasteiger partial charge in [-0.2, -0.15) is 0 Å². The fourth-order valence-electron chi connectivity index (χ4n) is 3.24. The maximum absolute atomic E-state index is 4.50. The molecule has 3 rings (SSSR count). The fraction of sp³-hybridized carbons (Fsp3) is 0.429. The topological polar surface area (TPSA) is 52.6 Å². The molecule has 0 bridgehead atoms. The molecule has 1 aromatic carbocycles. The van der Waals surface area contributed by atoms with Crippen molar-refractivity contribution in [1.29, 1.82) is 0 Å². The van der Waals surface area contributed by atoms with Crippen LogP contribution >= 0.6 is 0 Å². The monoisotopic (exact) mass is 351 g/mol. The Morgan fingerprint density at radius 3 is 2.38 bits per heavy atom. The Morgan fingerprint density at radius 1 is 1.00 bits per heavy atom. The van der Waals surface area contributed by atoms with Crippen molar-refractivity contribution in [3.05, 3.63) is 65.0 Å². The van der Waals surface area contributed by atoms with Crippen molar-refractivity contribution in [2.24, 2.45) is 4.99 Å². The summed E-state index contributed by atoms with van der Waals surface area (Å²) in [5, 5.41) is 6.68. The van der Waals surface area contributed by atoms with Crippen molar-refractivity contribution in [2.45, 2.75) is 39.4 Å². The highest BCUT2D eigenvalue weighted by Crippen LogP contribution is 2.13. The third-order valence-corrected chi connectivity index (χ3v) is 4.69. The van der Waals surface area contributed by atoms with E-state index >= 15 is 0 Å². The SMILES string of the molecule is CN=C(NCc1ccc(CN2CCCC2)cc1)NCc1cccc(C)n1. The number of guanidine groups is 1. The summed E-state index contributed by atoms with van der Waals surface area (Å²) in [5.41, 5.74) is 4.69. The highest BCUT2D eigenvalue weighted by atomic mass is 15.2. The molecule has 1 aromatic heterocycles. The van der Waals surface area contributed by atoms with E-state index < -0.39 is 0 Å². The lowest BCUT2D eigenvalue weighted by atomic mass is 10.1. The van der Waals surface area contributed by atoms with Gasteiger partial charge in [0, 0.05) is 25.8 Å². The number of nitrogens with zero attached hydrogens (tertiary/aromatic N) is 3. The molecular weight excluding hydrogens is 322 g/mol. The van der Waals surface area contributed by atoms with Crippen LogP contribution < -0.4 is 10.6 Å². The average Bonchev–Trinajstić information content (AvgIpc) is 3.16. The summed E-state index contributed by atoms with van der Waals surface area (Å²) in [4.78, 5) is 11.3. The third-order valence-electron chi connectivity index (χ3n) is 4.69. The molecule has 26 heavy (non-hydrogen) atoms.